The third kappa shape index (κ3) is 5.29. The molecule has 0 amide bonds. The molecule has 5 nitrogen and oxygen atoms in total. The van der Waals surface area contributed by atoms with Crippen molar-refractivity contribution in [1.82, 2.24) is 19.5 Å². The van der Waals surface area contributed by atoms with Crippen LogP contribution in [0.4, 0.5) is 0 Å². The third-order valence-corrected chi connectivity index (χ3v) is 10.7. The number of hydrogen-bond donors (Lipinski definition) is 0. The lowest BCUT2D eigenvalue weighted by Gasteiger charge is -2.13. The Bertz CT molecular complexity index is 3200. The standard InChI is InChI=1S/C51H32N4O/c1-3-15-33(16-4-1)35-19-13-21-37(31-35)49-52-50(54-51(53-49)55-44-26-10-7-23-41(44)42-24-8-11-27-45(42)55)38-22-14-20-36(32-38)39-29-30-40(34-17-5-2-6-18-34)48-47(39)43-25-9-12-28-46(43)56-48/h1-32H. The quantitative estimate of drug-likeness (QED) is 0.172. The molecule has 0 N–H and O–H groups in total. The van der Waals surface area contributed by atoms with E-state index in [1.807, 2.05) is 24.3 Å². The summed E-state index contributed by atoms with van der Waals surface area (Å²) in [6, 6.07) is 67.3. The predicted molar refractivity (Wildman–Crippen MR) is 229 cm³/mol. The topological polar surface area (TPSA) is 56.7 Å². The Kier molecular flexibility index (Phi) is 7.42. The number of rotatable bonds is 6. The molecule has 8 aromatic carbocycles. The molecule has 0 aliphatic carbocycles. The lowest BCUT2D eigenvalue weighted by Crippen LogP contribution is -2.06. The van der Waals surface area contributed by atoms with E-state index in [1.54, 1.807) is 0 Å². The van der Waals surface area contributed by atoms with Crippen LogP contribution >= 0.6 is 0 Å². The van der Waals surface area contributed by atoms with Crippen molar-refractivity contribution in [2.24, 2.45) is 0 Å². The highest BCUT2D eigenvalue weighted by atomic mass is 16.3. The van der Waals surface area contributed by atoms with Gasteiger partial charge in [0.05, 0.1) is 11.0 Å². The Morgan fingerprint density at radius 2 is 0.857 bits per heavy atom. The van der Waals surface area contributed by atoms with E-state index in [0.29, 0.717) is 17.6 Å². The van der Waals surface area contributed by atoms with Gasteiger partial charge in [0.1, 0.15) is 11.2 Å². The van der Waals surface area contributed by atoms with Crippen LogP contribution in [0.1, 0.15) is 0 Å². The summed E-state index contributed by atoms with van der Waals surface area (Å²) in [5, 5.41) is 4.46. The molecule has 0 spiro atoms. The van der Waals surface area contributed by atoms with E-state index < -0.39 is 0 Å². The first-order valence-electron chi connectivity index (χ1n) is 18.8. The van der Waals surface area contributed by atoms with Gasteiger partial charge < -0.3 is 4.42 Å². The maximum Gasteiger partial charge on any atom is 0.238 e. The van der Waals surface area contributed by atoms with Gasteiger partial charge in [0, 0.05) is 38.2 Å². The number of para-hydroxylation sites is 3. The second-order valence-corrected chi connectivity index (χ2v) is 14.0. The second kappa shape index (κ2) is 13.0. The van der Waals surface area contributed by atoms with Crippen LogP contribution in [0.2, 0.25) is 0 Å². The van der Waals surface area contributed by atoms with Crippen LogP contribution in [-0.4, -0.2) is 19.5 Å². The van der Waals surface area contributed by atoms with Gasteiger partial charge >= 0.3 is 0 Å². The van der Waals surface area contributed by atoms with E-state index in [4.69, 9.17) is 19.4 Å². The summed E-state index contributed by atoms with van der Waals surface area (Å²) in [5.41, 5.74) is 12.1. The molecule has 0 saturated carbocycles. The van der Waals surface area contributed by atoms with Crippen molar-refractivity contribution in [3.63, 3.8) is 0 Å². The monoisotopic (exact) mass is 716 g/mol. The highest BCUT2D eigenvalue weighted by molar-refractivity contribution is 6.16. The first-order chi connectivity index (χ1) is 27.8. The SMILES string of the molecule is c1ccc(-c2cccc(-c3nc(-c4cccc(-c5ccc(-c6ccccc6)c6oc7ccccc7c56)c4)nc(-n4c5ccccc5c5ccccc54)n3)c2)cc1. The number of aromatic nitrogens is 4. The number of benzene rings is 8. The van der Waals surface area contributed by atoms with E-state index in [2.05, 4.69) is 174 Å². The minimum atomic E-state index is 0.563. The lowest BCUT2D eigenvalue weighted by atomic mass is 9.94. The van der Waals surface area contributed by atoms with Gasteiger partial charge in [0.2, 0.25) is 5.95 Å². The Hall–Kier alpha value is -7.63. The summed E-state index contributed by atoms with van der Waals surface area (Å²) >= 11 is 0. The van der Waals surface area contributed by atoms with Gasteiger partial charge in [-0.2, -0.15) is 9.97 Å². The Morgan fingerprint density at radius 3 is 1.54 bits per heavy atom. The molecule has 3 heterocycles. The fourth-order valence-corrected chi connectivity index (χ4v) is 8.07. The van der Waals surface area contributed by atoms with Gasteiger partial charge in [-0.15, -0.1) is 0 Å². The van der Waals surface area contributed by atoms with Crippen molar-refractivity contribution in [2.45, 2.75) is 0 Å². The molecule has 0 bridgehead atoms. The zero-order valence-electron chi connectivity index (χ0n) is 30.2. The predicted octanol–water partition coefficient (Wildman–Crippen LogP) is 13.2. The molecule has 0 fully saturated rings. The van der Waals surface area contributed by atoms with Gasteiger partial charge in [-0.1, -0.05) is 158 Å². The van der Waals surface area contributed by atoms with Gasteiger partial charge in [-0.3, -0.25) is 4.57 Å². The maximum absolute atomic E-state index is 6.61. The molecule has 56 heavy (non-hydrogen) atoms. The van der Waals surface area contributed by atoms with Gasteiger partial charge in [-0.05, 0) is 64.2 Å². The minimum Gasteiger partial charge on any atom is -0.455 e. The zero-order valence-corrected chi connectivity index (χ0v) is 30.2. The molecular formula is C51H32N4O. The Balaban J connectivity index is 1.13. The van der Waals surface area contributed by atoms with Crippen molar-refractivity contribution in [1.29, 1.82) is 0 Å². The van der Waals surface area contributed by atoms with Crippen molar-refractivity contribution in [3.05, 3.63) is 194 Å². The van der Waals surface area contributed by atoms with E-state index >= 15 is 0 Å². The van der Waals surface area contributed by atoms with Gasteiger partial charge in [0.25, 0.3) is 0 Å². The summed E-state index contributed by atoms with van der Waals surface area (Å²) in [7, 11) is 0. The largest absolute Gasteiger partial charge is 0.455 e. The molecule has 3 aromatic heterocycles. The molecule has 11 rings (SSSR count). The van der Waals surface area contributed by atoms with Crippen molar-refractivity contribution < 1.29 is 4.42 Å². The molecule has 0 atom stereocenters. The van der Waals surface area contributed by atoms with Crippen LogP contribution in [-0.2, 0) is 0 Å². The highest BCUT2D eigenvalue weighted by Gasteiger charge is 2.20. The molecular weight excluding hydrogens is 685 g/mol. The van der Waals surface area contributed by atoms with Crippen molar-refractivity contribution in [2.75, 3.05) is 0 Å². The summed E-state index contributed by atoms with van der Waals surface area (Å²) < 4.78 is 8.77. The van der Waals surface area contributed by atoms with Gasteiger partial charge in [-0.25, -0.2) is 4.98 Å². The molecule has 0 aliphatic rings. The number of nitrogens with zero attached hydrogens (tertiary/aromatic N) is 4. The first-order valence-corrected chi connectivity index (χ1v) is 18.8. The minimum absolute atomic E-state index is 0.563. The van der Waals surface area contributed by atoms with E-state index in [-0.39, 0.29) is 0 Å². The average molecular weight is 717 g/mol. The number of hydrogen-bond acceptors (Lipinski definition) is 4. The van der Waals surface area contributed by atoms with E-state index in [9.17, 15) is 0 Å². The van der Waals surface area contributed by atoms with Crippen LogP contribution in [0.3, 0.4) is 0 Å². The van der Waals surface area contributed by atoms with Crippen LogP contribution in [0, 0.1) is 0 Å². The Morgan fingerprint density at radius 1 is 0.357 bits per heavy atom. The summed E-state index contributed by atoms with van der Waals surface area (Å²) in [5.74, 6) is 1.76. The second-order valence-electron chi connectivity index (χ2n) is 14.0. The first kappa shape index (κ1) is 31.9. The molecule has 0 aliphatic heterocycles. The summed E-state index contributed by atoms with van der Waals surface area (Å²) in [6.07, 6.45) is 0. The normalized spacial score (nSPS) is 11.6. The van der Waals surface area contributed by atoms with E-state index in [1.165, 1.54) is 0 Å². The van der Waals surface area contributed by atoms with E-state index in [0.717, 1.165) is 88.3 Å². The lowest BCUT2D eigenvalue weighted by molar-refractivity contribution is 0.670. The fourth-order valence-electron chi connectivity index (χ4n) is 8.07. The van der Waals surface area contributed by atoms with Crippen molar-refractivity contribution in [3.8, 4) is 62.1 Å². The van der Waals surface area contributed by atoms with Crippen LogP contribution < -0.4 is 0 Å². The molecule has 262 valence electrons. The number of fused-ring (bicyclic) bond motifs is 6. The molecule has 0 radical (unpaired) electrons. The fraction of sp³-hybridized carbons (Fsp3) is 0. The van der Waals surface area contributed by atoms with Crippen LogP contribution in [0.25, 0.3) is 106 Å². The highest BCUT2D eigenvalue weighted by Crippen LogP contribution is 2.42. The smallest absolute Gasteiger partial charge is 0.238 e. The average Bonchev–Trinajstić information content (AvgIpc) is 3.83. The van der Waals surface area contributed by atoms with Gasteiger partial charge in [0.15, 0.2) is 11.6 Å². The number of furan rings is 1. The summed E-state index contributed by atoms with van der Waals surface area (Å²) in [4.78, 5) is 15.7. The maximum atomic E-state index is 6.61. The third-order valence-electron chi connectivity index (χ3n) is 10.7. The molecule has 11 aromatic rings. The zero-order chi connectivity index (χ0) is 37.0. The van der Waals surface area contributed by atoms with Crippen LogP contribution in [0.15, 0.2) is 199 Å². The molecule has 0 saturated heterocycles. The summed E-state index contributed by atoms with van der Waals surface area (Å²) in [6.45, 7) is 0. The van der Waals surface area contributed by atoms with Crippen molar-refractivity contribution >= 4 is 43.7 Å². The van der Waals surface area contributed by atoms with Crippen LogP contribution in [0.5, 0.6) is 0 Å². The Labute approximate surface area is 322 Å². The molecule has 0 unspecified atom stereocenters. The molecule has 5 heteroatoms.